The second-order valence-electron chi connectivity index (χ2n) is 6.28. The van der Waals surface area contributed by atoms with Gasteiger partial charge in [-0.25, -0.2) is 19.9 Å². The van der Waals surface area contributed by atoms with E-state index < -0.39 is 6.10 Å². The van der Waals surface area contributed by atoms with Crippen molar-refractivity contribution in [2.45, 2.75) is 39.0 Å². The van der Waals surface area contributed by atoms with E-state index in [-0.39, 0.29) is 12.6 Å². The highest BCUT2D eigenvalue weighted by atomic mass is 16.3. The molecule has 0 saturated carbocycles. The second-order valence-corrected chi connectivity index (χ2v) is 6.28. The summed E-state index contributed by atoms with van der Waals surface area (Å²) in [6.45, 7) is 6.18. The SMILES string of the molecule is CC(O)c1nccc(N2CCCN(c3ccnc(CO)n3)CC2C)n1. The summed E-state index contributed by atoms with van der Waals surface area (Å²) in [5.41, 5.74) is 0. The summed E-state index contributed by atoms with van der Waals surface area (Å²) in [7, 11) is 0. The zero-order chi connectivity index (χ0) is 17.8. The molecule has 1 fully saturated rings. The topological polar surface area (TPSA) is 98.5 Å². The van der Waals surface area contributed by atoms with Crippen LogP contribution in [0.15, 0.2) is 24.5 Å². The molecule has 2 atom stereocenters. The van der Waals surface area contributed by atoms with Gasteiger partial charge in [0.25, 0.3) is 0 Å². The average molecular weight is 344 g/mol. The third kappa shape index (κ3) is 4.02. The van der Waals surface area contributed by atoms with Crippen LogP contribution in [0.1, 0.15) is 38.0 Å². The van der Waals surface area contributed by atoms with E-state index in [1.54, 1.807) is 19.3 Å². The molecule has 3 rings (SSSR count). The fourth-order valence-corrected chi connectivity index (χ4v) is 3.08. The molecule has 1 saturated heterocycles. The van der Waals surface area contributed by atoms with Crippen molar-refractivity contribution < 1.29 is 10.2 Å². The first-order valence-corrected chi connectivity index (χ1v) is 8.54. The minimum Gasteiger partial charge on any atom is -0.388 e. The molecule has 2 N–H and O–H groups in total. The Kier molecular flexibility index (Phi) is 5.40. The van der Waals surface area contributed by atoms with E-state index in [0.29, 0.717) is 11.6 Å². The highest BCUT2D eigenvalue weighted by Gasteiger charge is 2.24. The molecule has 2 aromatic rings. The molecule has 0 radical (unpaired) electrons. The summed E-state index contributed by atoms with van der Waals surface area (Å²) in [6.07, 6.45) is 3.64. The number of rotatable bonds is 4. The first kappa shape index (κ1) is 17.5. The number of anilines is 2. The number of aliphatic hydroxyl groups excluding tert-OH is 2. The summed E-state index contributed by atoms with van der Waals surface area (Å²) in [4.78, 5) is 21.5. The molecule has 2 unspecified atom stereocenters. The van der Waals surface area contributed by atoms with E-state index in [1.165, 1.54) is 0 Å². The Balaban J connectivity index is 1.79. The average Bonchev–Trinajstić information content (AvgIpc) is 2.83. The molecule has 25 heavy (non-hydrogen) atoms. The lowest BCUT2D eigenvalue weighted by Crippen LogP contribution is -2.40. The van der Waals surface area contributed by atoms with Crippen molar-refractivity contribution in [2.75, 3.05) is 29.4 Å². The smallest absolute Gasteiger partial charge is 0.158 e. The van der Waals surface area contributed by atoms with E-state index in [1.807, 2.05) is 12.1 Å². The molecule has 134 valence electrons. The molecule has 2 aromatic heterocycles. The maximum Gasteiger partial charge on any atom is 0.158 e. The molecule has 3 heterocycles. The van der Waals surface area contributed by atoms with Crippen LogP contribution in [0.5, 0.6) is 0 Å². The molecule has 0 aromatic carbocycles. The number of nitrogens with zero attached hydrogens (tertiary/aromatic N) is 6. The van der Waals surface area contributed by atoms with Gasteiger partial charge >= 0.3 is 0 Å². The van der Waals surface area contributed by atoms with Crippen LogP contribution in [0.4, 0.5) is 11.6 Å². The van der Waals surface area contributed by atoms with E-state index in [9.17, 15) is 10.2 Å². The molecule has 8 nitrogen and oxygen atoms in total. The molecule has 0 bridgehead atoms. The number of aliphatic hydroxyl groups is 2. The van der Waals surface area contributed by atoms with Crippen LogP contribution in [0, 0.1) is 0 Å². The highest BCUT2D eigenvalue weighted by Crippen LogP contribution is 2.22. The van der Waals surface area contributed by atoms with Gasteiger partial charge in [0.1, 0.15) is 24.3 Å². The zero-order valence-electron chi connectivity index (χ0n) is 14.6. The van der Waals surface area contributed by atoms with Crippen LogP contribution in [0.2, 0.25) is 0 Å². The molecule has 8 heteroatoms. The van der Waals surface area contributed by atoms with Crippen LogP contribution in [0.25, 0.3) is 0 Å². The summed E-state index contributed by atoms with van der Waals surface area (Å²) < 4.78 is 0. The lowest BCUT2D eigenvalue weighted by molar-refractivity contribution is 0.189. The van der Waals surface area contributed by atoms with Gasteiger partial charge in [-0.1, -0.05) is 0 Å². The monoisotopic (exact) mass is 344 g/mol. The molecule has 0 aliphatic carbocycles. The standard InChI is InChI=1S/C17H24N6O2/c1-12-10-22(15-4-6-18-14(11-24)20-15)8-3-9-23(12)16-5-7-19-17(21-16)13(2)25/h4-7,12-13,24-25H,3,8-11H2,1-2H3. The van der Waals surface area contributed by atoms with Crippen molar-refractivity contribution in [2.24, 2.45) is 0 Å². The summed E-state index contributed by atoms with van der Waals surface area (Å²) in [6, 6.07) is 3.97. The number of hydrogen-bond donors (Lipinski definition) is 2. The van der Waals surface area contributed by atoms with E-state index in [2.05, 4.69) is 36.7 Å². The lowest BCUT2D eigenvalue weighted by Gasteiger charge is -2.30. The highest BCUT2D eigenvalue weighted by molar-refractivity contribution is 5.43. The Morgan fingerprint density at radius 2 is 1.92 bits per heavy atom. The first-order chi connectivity index (χ1) is 12.1. The van der Waals surface area contributed by atoms with Crippen molar-refractivity contribution in [3.63, 3.8) is 0 Å². The van der Waals surface area contributed by atoms with E-state index >= 15 is 0 Å². The van der Waals surface area contributed by atoms with Gasteiger partial charge in [-0.2, -0.15) is 0 Å². The Morgan fingerprint density at radius 3 is 2.68 bits per heavy atom. The van der Waals surface area contributed by atoms with Gasteiger partial charge in [0.2, 0.25) is 0 Å². The van der Waals surface area contributed by atoms with Crippen LogP contribution in [-0.2, 0) is 6.61 Å². The lowest BCUT2D eigenvalue weighted by atomic mass is 10.2. The van der Waals surface area contributed by atoms with Gasteiger partial charge in [0.05, 0.1) is 0 Å². The molecular weight excluding hydrogens is 320 g/mol. The maximum absolute atomic E-state index is 9.72. The van der Waals surface area contributed by atoms with Gasteiger partial charge in [0.15, 0.2) is 11.6 Å². The molecule has 1 aliphatic heterocycles. The van der Waals surface area contributed by atoms with Crippen molar-refractivity contribution >= 4 is 11.6 Å². The molecule has 0 spiro atoms. The fraction of sp³-hybridized carbons (Fsp3) is 0.529. The van der Waals surface area contributed by atoms with Gasteiger partial charge in [-0.15, -0.1) is 0 Å². The Hall–Kier alpha value is -2.32. The van der Waals surface area contributed by atoms with Gasteiger partial charge < -0.3 is 20.0 Å². The van der Waals surface area contributed by atoms with Crippen molar-refractivity contribution in [3.8, 4) is 0 Å². The minimum atomic E-state index is -0.684. The normalized spacial score (nSPS) is 19.6. The number of hydrogen-bond acceptors (Lipinski definition) is 8. The van der Waals surface area contributed by atoms with Crippen LogP contribution >= 0.6 is 0 Å². The third-order valence-electron chi connectivity index (χ3n) is 4.33. The van der Waals surface area contributed by atoms with Crippen LogP contribution in [0.3, 0.4) is 0 Å². The van der Waals surface area contributed by atoms with Crippen LogP contribution in [-0.4, -0.2) is 55.8 Å². The van der Waals surface area contributed by atoms with Crippen molar-refractivity contribution in [1.82, 2.24) is 19.9 Å². The second kappa shape index (κ2) is 7.71. The predicted molar refractivity (Wildman–Crippen MR) is 94.3 cm³/mol. The third-order valence-corrected chi connectivity index (χ3v) is 4.33. The fourth-order valence-electron chi connectivity index (χ4n) is 3.08. The summed E-state index contributed by atoms with van der Waals surface area (Å²) >= 11 is 0. The van der Waals surface area contributed by atoms with E-state index in [4.69, 9.17) is 0 Å². The zero-order valence-corrected chi connectivity index (χ0v) is 14.6. The number of aromatic nitrogens is 4. The van der Waals surface area contributed by atoms with Crippen molar-refractivity contribution in [1.29, 1.82) is 0 Å². The van der Waals surface area contributed by atoms with Gasteiger partial charge in [-0.3, -0.25) is 0 Å². The van der Waals surface area contributed by atoms with Crippen LogP contribution < -0.4 is 9.80 Å². The Labute approximate surface area is 147 Å². The largest absolute Gasteiger partial charge is 0.388 e. The quantitative estimate of drug-likeness (QED) is 0.845. The summed E-state index contributed by atoms with van der Waals surface area (Å²) in [5.74, 6) is 2.54. The van der Waals surface area contributed by atoms with Gasteiger partial charge in [0, 0.05) is 38.1 Å². The Bertz CT molecular complexity index is 711. The predicted octanol–water partition coefficient (Wildman–Crippen LogP) is 0.917. The summed E-state index contributed by atoms with van der Waals surface area (Å²) in [5, 5.41) is 19.0. The van der Waals surface area contributed by atoms with E-state index in [0.717, 1.165) is 37.7 Å². The minimum absolute atomic E-state index is 0.160. The first-order valence-electron chi connectivity index (χ1n) is 8.54. The molecule has 0 amide bonds. The maximum atomic E-state index is 9.72. The Morgan fingerprint density at radius 1 is 1.16 bits per heavy atom. The van der Waals surface area contributed by atoms with Gasteiger partial charge in [-0.05, 0) is 32.4 Å². The van der Waals surface area contributed by atoms with Crippen molar-refractivity contribution in [3.05, 3.63) is 36.2 Å². The molecule has 1 aliphatic rings. The molecular formula is C17H24N6O2.